The maximum atomic E-state index is 12.6. The average molecular weight is 496 g/mol. The molecule has 7 nitrogen and oxygen atoms in total. The summed E-state index contributed by atoms with van der Waals surface area (Å²) in [7, 11) is 0. The predicted octanol–water partition coefficient (Wildman–Crippen LogP) is 7.11. The Morgan fingerprint density at radius 1 is 1.08 bits per heavy atom. The van der Waals surface area contributed by atoms with Gasteiger partial charge in [0.05, 0.1) is 5.52 Å². The number of carbonyl (C=O) groups is 1. The number of nitrogens with one attached hydrogen (secondary N) is 1. The molecule has 1 amide bonds. The van der Waals surface area contributed by atoms with Crippen LogP contribution in [0.1, 0.15) is 32.2 Å². The van der Waals surface area contributed by atoms with Crippen molar-refractivity contribution in [2.24, 2.45) is 0 Å². The number of alkyl halides is 3. The minimum Gasteiger partial charge on any atom is -0.437 e. The number of benzene rings is 2. The highest BCUT2D eigenvalue weighted by Gasteiger charge is 2.39. The van der Waals surface area contributed by atoms with E-state index in [1.54, 1.807) is 30.6 Å². The molecule has 1 aliphatic carbocycles. The molecule has 4 aromatic rings. The SMILES string of the molecule is C[C@@H](OC(=O)Nc1ccc(-c2cc3ccc(Oc4ncccn4)cc3n2C2CCC2)cc1)C(F)(F)F. The smallest absolute Gasteiger partial charge is 0.425 e. The van der Waals surface area contributed by atoms with Crippen molar-refractivity contribution in [2.45, 2.75) is 44.5 Å². The van der Waals surface area contributed by atoms with Crippen molar-refractivity contribution < 1.29 is 27.4 Å². The summed E-state index contributed by atoms with van der Waals surface area (Å²) >= 11 is 0. The second-order valence-corrected chi connectivity index (χ2v) is 8.63. The minimum absolute atomic E-state index is 0.269. The molecule has 36 heavy (non-hydrogen) atoms. The van der Waals surface area contributed by atoms with Crippen LogP contribution in [0.5, 0.6) is 11.8 Å². The van der Waals surface area contributed by atoms with E-state index in [1.807, 2.05) is 30.3 Å². The fourth-order valence-corrected chi connectivity index (χ4v) is 4.07. The third kappa shape index (κ3) is 4.98. The van der Waals surface area contributed by atoms with Crippen molar-refractivity contribution in [3.63, 3.8) is 0 Å². The van der Waals surface area contributed by atoms with Crippen LogP contribution in [0.25, 0.3) is 22.2 Å². The summed E-state index contributed by atoms with van der Waals surface area (Å²) in [5.41, 5.74) is 3.27. The van der Waals surface area contributed by atoms with Gasteiger partial charge in [-0.25, -0.2) is 14.8 Å². The van der Waals surface area contributed by atoms with Gasteiger partial charge < -0.3 is 14.0 Å². The van der Waals surface area contributed by atoms with E-state index in [4.69, 9.17) is 4.74 Å². The first kappa shape index (κ1) is 23.7. The molecule has 0 aliphatic heterocycles. The molecule has 0 radical (unpaired) electrons. The molecular weight excluding hydrogens is 473 g/mol. The number of carbonyl (C=O) groups excluding carboxylic acids is 1. The van der Waals surface area contributed by atoms with E-state index in [2.05, 4.69) is 30.7 Å². The molecule has 1 fully saturated rings. The number of aromatic nitrogens is 3. The standard InChI is InChI=1S/C26H23F3N4O3/c1-16(26(27,28)29)35-25(34)32-19-9-6-17(7-10-19)22-14-18-8-11-21(36-24-30-12-3-13-31-24)15-23(18)33(22)20-4-2-5-20/h3,6-16,20H,2,4-5H2,1H3,(H,32,34)/t16-/m1/s1. The third-order valence-corrected chi connectivity index (χ3v) is 6.18. The van der Waals surface area contributed by atoms with Gasteiger partial charge in [0.2, 0.25) is 0 Å². The number of ether oxygens (including phenoxy) is 2. The molecule has 1 saturated carbocycles. The highest BCUT2D eigenvalue weighted by atomic mass is 19.4. The number of fused-ring (bicyclic) bond motifs is 1. The fourth-order valence-electron chi connectivity index (χ4n) is 4.07. The van der Waals surface area contributed by atoms with Gasteiger partial charge >= 0.3 is 18.3 Å². The molecule has 1 aliphatic rings. The minimum atomic E-state index is -4.62. The molecule has 0 bridgehead atoms. The lowest BCUT2D eigenvalue weighted by molar-refractivity contribution is -0.196. The highest BCUT2D eigenvalue weighted by Crippen LogP contribution is 2.41. The monoisotopic (exact) mass is 496 g/mol. The Hall–Kier alpha value is -4.08. The number of anilines is 1. The summed E-state index contributed by atoms with van der Waals surface area (Å²) in [6, 6.07) is 17.2. The molecule has 2 heterocycles. The lowest BCUT2D eigenvalue weighted by Gasteiger charge is -2.30. The van der Waals surface area contributed by atoms with Crippen LogP contribution in [0.2, 0.25) is 0 Å². The van der Waals surface area contributed by atoms with Gasteiger partial charge in [-0.15, -0.1) is 0 Å². The van der Waals surface area contributed by atoms with E-state index in [0.717, 1.165) is 48.3 Å². The Morgan fingerprint density at radius 3 is 2.44 bits per heavy atom. The lowest BCUT2D eigenvalue weighted by atomic mass is 9.92. The number of hydrogen-bond donors (Lipinski definition) is 1. The van der Waals surface area contributed by atoms with Gasteiger partial charge in [-0.1, -0.05) is 12.1 Å². The predicted molar refractivity (Wildman–Crippen MR) is 128 cm³/mol. The first-order valence-corrected chi connectivity index (χ1v) is 11.5. The Labute approximate surface area is 204 Å². The summed E-state index contributed by atoms with van der Waals surface area (Å²) in [6.07, 6.45) is -1.47. The molecular formula is C26H23F3N4O3. The zero-order valence-electron chi connectivity index (χ0n) is 19.3. The molecule has 186 valence electrons. The first-order valence-electron chi connectivity index (χ1n) is 11.5. The van der Waals surface area contributed by atoms with Crippen LogP contribution in [0.15, 0.2) is 67.0 Å². The van der Waals surface area contributed by atoms with Crippen LogP contribution < -0.4 is 10.1 Å². The van der Waals surface area contributed by atoms with Gasteiger partial charge in [-0.2, -0.15) is 13.2 Å². The van der Waals surface area contributed by atoms with Crippen LogP contribution in [0, 0.1) is 0 Å². The summed E-state index contributed by atoms with van der Waals surface area (Å²) in [5, 5.41) is 3.39. The van der Waals surface area contributed by atoms with Crippen LogP contribution in [0.4, 0.5) is 23.7 Å². The largest absolute Gasteiger partial charge is 0.437 e. The van der Waals surface area contributed by atoms with E-state index < -0.39 is 18.4 Å². The molecule has 5 rings (SSSR count). The van der Waals surface area contributed by atoms with Crippen LogP contribution in [-0.4, -0.2) is 32.9 Å². The van der Waals surface area contributed by atoms with Crippen LogP contribution in [0.3, 0.4) is 0 Å². The highest BCUT2D eigenvalue weighted by molar-refractivity contribution is 5.89. The maximum absolute atomic E-state index is 12.6. The molecule has 10 heteroatoms. The van der Waals surface area contributed by atoms with Crippen molar-refractivity contribution in [2.75, 3.05) is 5.32 Å². The van der Waals surface area contributed by atoms with Gasteiger partial charge in [0.25, 0.3) is 0 Å². The third-order valence-electron chi connectivity index (χ3n) is 6.18. The Balaban J connectivity index is 1.40. The topological polar surface area (TPSA) is 78.3 Å². The molecule has 0 spiro atoms. The molecule has 0 unspecified atom stereocenters. The van der Waals surface area contributed by atoms with E-state index in [-0.39, 0.29) is 6.01 Å². The lowest BCUT2D eigenvalue weighted by Crippen LogP contribution is -2.32. The fraction of sp³-hybridized carbons (Fsp3) is 0.269. The molecule has 1 N–H and O–H groups in total. The van der Waals surface area contributed by atoms with Gasteiger partial charge in [0.1, 0.15) is 5.75 Å². The number of halogens is 3. The van der Waals surface area contributed by atoms with Crippen molar-refractivity contribution in [3.8, 4) is 23.0 Å². The van der Waals surface area contributed by atoms with Gasteiger partial charge in [0, 0.05) is 41.3 Å². The number of nitrogens with zero attached hydrogens (tertiary/aromatic N) is 3. The zero-order chi connectivity index (χ0) is 25.3. The van der Waals surface area contributed by atoms with Crippen molar-refractivity contribution in [3.05, 3.63) is 67.0 Å². The van der Waals surface area contributed by atoms with Crippen LogP contribution in [-0.2, 0) is 4.74 Å². The number of hydrogen-bond acceptors (Lipinski definition) is 5. The Bertz CT molecular complexity index is 1370. The number of amides is 1. The molecule has 2 aromatic carbocycles. The summed E-state index contributed by atoms with van der Waals surface area (Å²) in [4.78, 5) is 20.1. The van der Waals surface area contributed by atoms with Gasteiger partial charge in [-0.05, 0) is 68.1 Å². The summed E-state index contributed by atoms with van der Waals surface area (Å²) < 4.78 is 50.4. The van der Waals surface area contributed by atoms with E-state index in [1.165, 1.54) is 0 Å². The zero-order valence-corrected chi connectivity index (χ0v) is 19.3. The molecule has 0 saturated heterocycles. The van der Waals surface area contributed by atoms with E-state index >= 15 is 0 Å². The maximum Gasteiger partial charge on any atom is 0.425 e. The first-order chi connectivity index (χ1) is 17.3. The second kappa shape index (κ2) is 9.52. The van der Waals surface area contributed by atoms with E-state index in [9.17, 15) is 18.0 Å². The Kier molecular flexibility index (Phi) is 6.26. The van der Waals surface area contributed by atoms with Gasteiger partial charge in [0.15, 0.2) is 6.10 Å². The van der Waals surface area contributed by atoms with E-state index in [0.29, 0.717) is 17.5 Å². The number of rotatable bonds is 6. The van der Waals surface area contributed by atoms with Crippen molar-refractivity contribution in [1.29, 1.82) is 0 Å². The van der Waals surface area contributed by atoms with Gasteiger partial charge in [-0.3, -0.25) is 5.32 Å². The molecule has 2 aromatic heterocycles. The summed E-state index contributed by atoms with van der Waals surface area (Å²) in [6.45, 7) is 0.783. The average Bonchev–Trinajstić information content (AvgIpc) is 3.17. The molecule has 1 atom stereocenters. The van der Waals surface area contributed by atoms with Crippen molar-refractivity contribution in [1.82, 2.24) is 14.5 Å². The Morgan fingerprint density at radius 2 is 1.81 bits per heavy atom. The van der Waals surface area contributed by atoms with Crippen LogP contribution >= 0.6 is 0 Å². The summed E-state index contributed by atoms with van der Waals surface area (Å²) in [5.74, 6) is 0.630. The second-order valence-electron chi connectivity index (χ2n) is 8.63. The quantitative estimate of drug-likeness (QED) is 0.308. The van der Waals surface area contributed by atoms with Crippen molar-refractivity contribution >= 4 is 22.7 Å². The normalized spacial score (nSPS) is 14.8.